The fourth-order valence-electron chi connectivity index (χ4n) is 3.58. The number of morpholine rings is 1. The van der Waals surface area contributed by atoms with Crippen LogP contribution in [0.1, 0.15) is 29.8 Å². The van der Waals surface area contributed by atoms with E-state index in [2.05, 4.69) is 50.0 Å². The molecule has 1 aliphatic rings. The third-order valence-electron chi connectivity index (χ3n) is 5.02. The van der Waals surface area contributed by atoms with E-state index in [1.807, 2.05) is 36.4 Å². The van der Waals surface area contributed by atoms with Crippen molar-refractivity contribution in [2.24, 2.45) is 0 Å². The molecule has 3 aromatic rings. The fraction of sp³-hybridized carbons (Fsp3) is 0.292. The van der Waals surface area contributed by atoms with Crippen molar-refractivity contribution in [1.82, 2.24) is 15.3 Å². The highest BCUT2D eigenvalue weighted by molar-refractivity contribution is 9.10. The summed E-state index contributed by atoms with van der Waals surface area (Å²) in [6.07, 6.45) is 3.66. The van der Waals surface area contributed by atoms with E-state index >= 15 is 0 Å². The van der Waals surface area contributed by atoms with Gasteiger partial charge in [-0.15, -0.1) is 0 Å². The second-order valence-electron chi connectivity index (χ2n) is 7.81. The highest BCUT2D eigenvalue weighted by Crippen LogP contribution is 2.23. The van der Waals surface area contributed by atoms with Crippen LogP contribution in [0.3, 0.4) is 0 Å². The van der Waals surface area contributed by atoms with Crippen LogP contribution in [0.15, 0.2) is 65.4 Å². The van der Waals surface area contributed by atoms with Crippen molar-refractivity contribution in [2.45, 2.75) is 32.6 Å². The first-order valence-corrected chi connectivity index (χ1v) is 11.3. The standard InChI is InChI=1S/C24H25BrN4O3/c1-16-14-29(15-17(2)31-16)22-8-6-18(11-26-22)12-28-24(30)19-7-9-23(27-13-19)32-21-5-3-4-20(25)10-21/h3-11,13,16-17H,12,14-15H2,1-2H3,(H,28,30). The third-order valence-corrected chi connectivity index (χ3v) is 5.52. The van der Waals surface area contributed by atoms with E-state index in [0.29, 0.717) is 23.7 Å². The van der Waals surface area contributed by atoms with Gasteiger partial charge in [-0.05, 0) is 49.7 Å². The first-order chi connectivity index (χ1) is 15.5. The average Bonchev–Trinajstić information content (AvgIpc) is 2.78. The van der Waals surface area contributed by atoms with Gasteiger partial charge < -0.3 is 19.7 Å². The number of carbonyl (C=O) groups is 1. The van der Waals surface area contributed by atoms with Crippen molar-refractivity contribution in [1.29, 1.82) is 0 Å². The molecule has 1 aliphatic heterocycles. The molecule has 7 nitrogen and oxygen atoms in total. The molecule has 1 fully saturated rings. The molecular formula is C24H25BrN4O3. The maximum atomic E-state index is 12.5. The maximum absolute atomic E-state index is 12.5. The molecule has 166 valence electrons. The van der Waals surface area contributed by atoms with Crippen molar-refractivity contribution >= 4 is 27.7 Å². The predicted octanol–water partition coefficient (Wildman–Crippen LogP) is 4.58. The van der Waals surface area contributed by atoms with Crippen LogP contribution in [0.5, 0.6) is 11.6 Å². The van der Waals surface area contributed by atoms with Gasteiger partial charge in [0.1, 0.15) is 11.6 Å². The van der Waals surface area contributed by atoms with E-state index in [9.17, 15) is 4.79 Å². The van der Waals surface area contributed by atoms with Gasteiger partial charge in [-0.25, -0.2) is 9.97 Å². The summed E-state index contributed by atoms with van der Waals surface area (Å²) >= 11 is 3.41. The lowest BCUT2D eigenvalue weighted by molar-refractivity contribution is -0.00546. The van der Waals surface area contributed by atoms with Crippen molar-refractivity contribution < 1.29 is 14.3 Å². The zero-order chi connectivity index (χ0) is 22.5. The number of hydrogen-bond donors (Lipinski definition) is 1. The number of pyridine rings is 2. The van der Waals surface area contributed by atoms with Gasteiger partial charge in [-0.2, -0.15) is 0 Å². The molecule has 2 aromatic heterocycles. The Morgan fingerprint density at radius 1 is 1.12 bits per heavy atom. The van der Waals surface area contributed by atoms with Crippen molar-refractivity contribution in [2.75, 3.05) is 18.0 Å². The molecule has 2 unspecified atom stereocenters. The summed E-state index contributed by atoms with van der Waals surface area (Å²) in [4.78, 5) is 23.5. The van der Waals surface area contributed by atoms with E-state index < -0.39 is 0 Å². The van der Waals surface area contributed by atoms with E-state index in [-0.39, 0.29) is 18.1 Å². The molecule has 1 amide bonds. The van der Waals surface area contributed by atoms with Crippen LogP contribution < -0.4 is 15.0 Å². The fourth-order valence-corrected chi connectivity index (χ4v) is 3.96. The minimum Gasteiger partial charge on any atom is -0.439 e. The number of halogens is 1. The Labute approximate surface area is 195 Å². The quantitative estimate of drug-likeness (QED) is 0.538. The van der Waals surface area contributed by atoms with Gasteiger partial charge in [-0.1, -0.05) is 28.1 Å². The largest absolute Gasteiger partial charge is 0.439 e. The van der Waals surface area contributed by atoms with Crippen LogP contribution in [0, 0.1) is 0 Å². The molecule has 2 atom stereocenters. The Hall–Kier alpha value is -2.97. The van der Waals surface area contributed by atoms with E-state index in [1.54, 1.807) is 18.3 Å². The summed E-state index contributed by atoms with van der Waals surface area (Å²) in [6, 6.07) is 14.8. The number of benzene rings is 1. The van der Waals surface area contributed by atoms with Crippen LogP contribution in [0.4, 0.5) is 5.82 Å². The van der Waals surface area contributed by atoms with Gasteiger partial charge in [0.05, 0.1) is 17.8 Å². The maximum Gasteiger partial charge on any atom is 0.253 e. The SMILES string of the molecule is CC1CN(c2ccc(CNC(=O)c3ccc(Oc4cccc(Br)c4)nc3)cn2)CC(C)O1. The van der Waals surface area contributed by atoms with Gasteiger partial charge in [0.2, 0.25) is 5.88 Å². The van der Waals surface area contributed by atoms with Crippen molar-refractivity contribution in [3.63, 3.8) is 0 Å². The minimum atomic E-state index is -0.202. The van der Waals surface area contributed by atoms with Crippen LogP contribution in [-0.4, -0.2) is 41.2 Å². The Morgan fingerprint density at radius 2 is 1.94 bits per heavy atom. The molecule has 0 bridgehead atoms. The molecule has 1 aromatic carbocycles. The monoisotopic (exact) mass is 496 g/mol. The summed E-state index contributed by atoms with van der Waals surface area (Å²) in [7, 11) is 0. The normalized spacial score (nSPS) is 18.3. The highest BCUT2D eigenvalue weighted by atomic mass is 79.9. The van der Waals surface area contributed by atoms with E-state index in [4.69, 9.17) is 9.47 Å². The summed E-state index contributed by atoms with van der Waals surface area (Å²) in [6.45, 7) is 6.17. The van der Waals surface area contributed by atoms with Gasteiger partial charge in [0.25, 0.3) is 5.91 Å². The van der Waals surface area contributed by atoms with Gasteiger partial charge in [0.15, 0.2) is 0 Å². The average molecular weight is 497 g/mol. The van der Waals surface area contributed by atoms with Crippen molar-refractivity contribution in [3.8, 4) is 11.6 Å². The van der Waals surface area contributed by atoms with E-state index in [1.165, 1.54) is 6.20 Å². The number of hydrogen-bond acceptors (Lipinski definition) is 6. The molecule has 0 spiro atoms. The Bertz CT molecular complexity index is 1050. The molecule has 1 N–H and O–H groups in total. The minimum absolute atomic E-state index is 0.180. The summed E-state index contributed by atoms with van der Waals surface area (Å²) in [5, 5.41) is 2.91. The molecule has 32 heavy (non-hydrogen) atoms. The second-order valence-corrected chi connectivity index (χ2v) is 8.73. The molecular weight excluding hydrogens is 472 g/mol. The molecule has 0 radical (unpaired) electrons. The van der Waals surface area contributed by atoms with Gasteiger partial charge in [-0.3, -0.25) is 4.79 Å². The van der Waals surface area contributed by atoms with Crippen LogP contribution >= 0.6 is 15.9 Å². The number of amides is 1. The smallest absolute Gasteiger partial charge is 0.253 e. The number of nitrogens with zero attached hydrogens (tertiary/aromatic N) is 3. The lowest BCUT2D eigenvalue weighted by Gasteiger charge is -2.36. The second kappa shape index (κ2) is 10.1. The van der Waals surface area contributed by atoms with Gasteiger partial charge >= 0.3 is 0 Å². The number of carbonyl (C=O) groups excluding carboxylic acids is 1. The lowest BCUT2D eigenvalue weighted by Crippen LogP contribution is -2.45. The predicted molar refractivity (Wildman–Crippen MR) is 126 cm³/mol. The van der Waals surface area contributed by atoms with Crippen LogP contribution in [0.25, 0.3) is 0 Å². The summed E-state index contributed by atoms with van der Waals surface area (Å²) < 4.78 is 12.4. The molecule has 1 saturated heterocycles. The zero-order valence-electron chi connectivity index (χ0n) is 18.0. The lowest BCUT2D eigenvalue weighted by atomic mass is 10.2. The first-order valence-electron chi connectivity index (χ1n) is 10.5. The topological polar surface area (TPSA) is 76.6 Å². The molecule has 0 saturated carbocycles. The van der Waals surface area contributed by atoms with Crippen LogP contribution in [-0.2, 0) is 11.3 Å². The number of ether oxygens (including phenoxy) is 2. The Kier molecular flexibility index (Phi) is 7.02. The highest BCUT2D eigenvalue weighted by Gasteiger charge is 2.23. The van der Waals surface area contributed by atoms with Gasteiger partial charge in [0, 0.05) is 42.6 Å². The zero-order valence-corrected chi connectivity index (χ0v) is 19.6. The molecule has 0 aliphatic carbocycles. The third kappa shape index (κ3) is 5.83. The van der Waals surface area contributed by atoms with Crippen LogP contribution in [0.2, 0.25) is 0 Å². The summed E-state index contributed by atoms with van der Waals surface area (Å²) in [5.74, 6) is 1.81. The molecule has 8 heteroatoms. The van der Waals surface area contributed by atoms with E-state index in [0.717, 1.165) is 28.9 Å². The number of nitrogens with one attached hydrogen (secondary N) is 1. The van der Waals surface area contributed by atoms with Crippen molar-refractivity contribution in [3.05, 3.63) is 76.5 Å². The number of aromatic nitrogens is 2. The molecule has 4 rings (SSSR count). The number of rotatable bonds is 6. The number of anilines is 1. The Morgan fingerprint density at radius 3 is 2.59 bits per heavy atom. The Balaban J connectivity index is 1.30. The molecule has 3 heterocycles. The summed E-state index contributed by atoms with van der Waals surface area (Å²) in [5.41, 5.74) is 1.39. The first kappa shape index (κ1) is 22.2.